The van der Waals surface area contributed by atoms with E-state index in [1.807, 2.05) is 18.3 Å². The summed E-state index contributed by atoms with van der Waals surface area (Å²) >= 11 is 3.29. The van der Waals surface area contributed by atoms with Crippen molar-refractivity contribution >= 4 is 22.2 Å². The number of carbonyl (C=O) groups is 1. The van der Waals surface area contributed by atoms with E-state index in [0.29, 0.717) is 24.5 Å². The van der Waals surface area contributed by atoms with Crippen LogP contribution in [0.4, 0.5) is 0 Å². The molecule has 1 aromatic carbocycles. The van der Waals surface area contributed by atoms with Gasteiger partial charge < -0.3 is 4.74 Å². The van der Waals surface area contributed by atoms with Gasteiger partial charge in [-0.25, -0.2) is 0 Å². The summed E-state index contributed by atoms with van der Waals surface area (Å²) in [6.45, 7) is 1.20. The standard InChI is InChI=1S/C12H11BrN2O2/c13-12-3-2-11(8-10(12)9-16)17-7-6-15-5-1-4-14-15/h1-5,8-9H,6-7H2. The molecule has 0 aliphatic carbocycles. The van der Waals surface area contributed by atoms with Crippen molar-refractivity contribution < 1.29 is 9.53 Å². The van der Waals surface area contributed by atoms with Crippen molar-refractivity contribution in [3.05, 3.63) is 46.7 Å². The molecule has 0 saturated heterocycles. The van der Waals surface area contributed by atoms with Gasteiger partial charge in [-0.1, -0.05) is 15.9 Å². The Morgan fingerprint density at radius 1 is 1.47 bits per heavy atom. The van der Waals surface area contributed by atoms with E-state index in [1.165, 1.54) is 0 Å². The molecular formula is C12H11BrN2O2. The predicted molar refractivity (Wildman–Crippen MR) is 67.3 cm³/mol. The average Bonchev–Trinajstić information content (AvgIpc) is 2.84. The molecule has 88 valence electrons. The van der Waals surface area contributed by atoms with Crippen molar-refractivity contribution in [1.29, 1.82) is 0 Å². The van der Waals surface area contributed by atoms with Gasteiger partial charge in [0.15, 0.2) is 6.29 Å². The summed E-state index contributed by atoms with van der Waals surface area (Å²) in [6, 6.07) is 7.19. The van der Waals surface area contributed by atoms with Gasteiger partial charge in [-0.05, 0) is 24.3 Å². The monoisotopic (exact) mass is 294 g/mol. The van der Waals surface area contributed by atoms with Crippen molar-refractivity contribution in [3.8, 4) is 5.75 Å². The molecule has 2 aromatic rings. The minimum atomic E-state index is 0.515. The molecule has 0 saturated carbocycles. The molecule has 1 heterocycles. The number of halogens is 1. The first-order valence-electron chi connectivity index (χ1n) is 5.14. The zero-order valence-electron chi connectivity index (χ0n) is 9.04. The molecule has 0 bridgehead atoms. The van der Waals surface area contributed by atoms with Crippen LogP contribution in [0.15, 0.2) is 41.1 Å². The number of aromatic nitrogens is 2. The summed E-state index contributed by atoms with van der Waals surface area (Å²) in [7, 11) is 0. The summed E-state index contributed by atoms with van der Waals surface area (Å²) in [5.41, 5.74) is 0.585. The van der Waals surface area contributed by atoms with Crippen LogP contribution >= 0.6 is 15.9 Å². The molecule has 1 aromatic heterocycles. The molecule has 2 rings (SSSR count). The quantitative estimate of drug-likeness (QED) is 0.796. The van der Waals surface area contributed by atoms with Crippen LogP contribution in [-0.2, 0) is 6.54 Å². The Bertz CT molecular complexity index is 497. The molecule has 5 heteroatoms. The number of hydrogen-bond donors (Lipinski definition) is 0. The van der Waals surface area contributed by atoms with E-state index < -0.39 is 0 Å². The van der Waals surface area contributed by atoms with Gasteiger partial charge in [-0.2, -0.15) is 5.10 Å². The summed E-state index contributed by atoms with van der Waals surface area (Å²) < 4.78 is 8.10. The lowest BCUT2D eigenvalue weighted by atomic mass is 10.2. The largest absolute Gasteiger partial charge is 0.492 e. The summed E-state index contributed by atoms with van der Waals surface area (Å²) in [4.78, 5) is 10.7. The van der Waals surface area contributed by atoms with E-state index in [9.17, 15) is 4.79 Å². The van der Waals surface area contributed by atoms with Crippen LogP contribution in [0.3, 0.4) is 0 Å². The van der Waals surface area contributed by atoms with Crippen LogP contribution in [0.5, 0.6) is 5.75 Å². The molecule has 0 spiro atoms. The molecule has 0 radical (unpaired) electrons. The highest BCUT2D eigenvalue weighted by molar-refractivity contribution is 9.10. The lowest BCUT2D eigenvalue weighted by Crippen LogP contribution is -2.08. The zero-order valence-corrected chi connectivity index (χ0v) is 10.6. The zero-order chi connectivity index (χ0) is 12.1. The maximum atomic E-state index is 10.7. The van der Waals surface area contributed by atoms with Gasteiger partial charge >= 0.3 is 0 Å². The molecule has 0 N–H and O–H groups in total. The second-order valence-corrected chi connectivity index (χ2v) is 4.27. The molecule has 0 unspecified atom stereocenters. The van der Waals surface area contributed by atoms with Gasteiger partial charge in [0.2, 0.25) is 0 Å². The van der Waals surface area contributed by atoms with E-state index in [2.05, 4.69) is 21.0 Å². The summed E-state index contributed by atoms with van der Waals surface area (Å²) in [6.07, 6.45) is 4.40. The van der Waals surface area contributed by atoms with Gasteiger partial charge in [0.25, 0.3) is 0 Å². The highest BCUT2D eigenvalue weighted by atomic mass is 79.9. The molecule has 17 heavy (non-hydrogen) atoms. The molecule has 4 nitrogen and oxygen atoms in total. The number of aldehydes is 1. The van der Waals surface area contributed by atoms with E-state index in [-0.39, 0.29) is 0 Å². The highest BCUT2D eigenvalue weighted by Gasteiger charge is 2.01. The Labute approximate surface area is 107 Å². The van der Waals surface area contributed by atoms with Crippen molar-refractivity contribution in [2.24, 2.45) is 0 Å². The molecular weight excluding hydrogens is 284 g/mol. The van der Waals surface area contributed by atoms with Crippen LogP contribution < -0.4 is 4.74 Å². The lowest BCUT2D eigenvalue weighted by Gasteiger charge is -2.07. The lowest BCUT2D eigenvalue weighted by molar-refractivity contribution is 0.112. The van der Waals surface area contributed by atoms with Crippen LogP contribution in [-0.4, -0.2) is 22.7 Å². The Hall–Kier alpha value is -1.62. The normalized spacial score (nSPS) is 10.2. The minimum Gasteiger partial charge on any atom is -0.492 e. The van der Waals surface area contributed by atoms with E-state index >= 15 is 0 Å². The first-order chi connectivity index (χ1) is 8.29. The van der Waals surface area contributed by atoms with Gasteiger partial charge in [0.05, 0.1) is 6.54 Å². The summed E-state index contributed by atoms with van der Waals surface area (Å²) in [5, 5.41) is 4.07. The first-order valence-corrected chi connectivity index (χ1v) is 5.94. The number of hydrogen-bond acceptors (Lipinski definition) is 3. The fourth-order valence-corrected chi connectivity index (χ4v) is 1.73. The highest BCUT2D eigenvalue weighted by Crippen LogP contribution is 2.21. The molecule has 0 fully saturated rings. The van der Waals surface area contributed by atoms with Crippen molar-refractivity contribution in [3.63, 3.8) is 0 Å². The Morgan fingerprint density at radius 2 is 2.35 bits per heavy atom. The van der Waals surface area contributed by atoms with E-state index in [1.54, 1.807) is 23.0 Å². The second-order valence-electron chi connectivity index (χ2n) is 3.42. The van der Waals surface area contributed by atoms with Crippen LogP contribution in [0.2, 0.25) is 0 Å². The fraction of sp³-hybridized carbons (Fsp3) is 0.167. The predicted octanol–water partition coefficient (Wildman–Crippen LogP) is 2.54. The molecule has 0 atom stereocenters. The summed E-state index contributed by atoms with van der Waals surface area (Å²) in [5.74, 6) is 0.683. The van der Waals surface area contributed by atoms with Gasteiger partial charge in [0, 0.05) is 22.4 Å². The first kappa shape index (κ1) is 11.9. The molecule has 0 aliphatic heterocycles. The Balaban J connectivity index is 1.93. The van der Waals surface area contributed by atoms with Gasteiger partial charge in [-0.15, -0.1) is 0 Å². The minimum absolute atomic E-state index is 0.515. The Kier molecular flexibility index (Phi) is 3.93. The maximum Gasteiger partial charge on any atom is 0.151 e. The van der Waals surface area contributed by atoms with E-state index in [4.69, 9.17) is 4.74 Å². The third kappa shape index (κ3) is 3.17. The maximum absolute atomic E-state index is 10.7. The third-order valence-electron chi connectivity index (χ3n) is 2.24. The van der Waals surface area contributed by atoms with Crippen molar-refractivity contribution in [2.45, 2.75) is 6.54 Å². The van der Waals surface area contributed by atoms with Crippen LogP contribution in [0.1, 0.15) is 10.4 Å². The second kappa shape index (κ2) is 5.63. The van der Waals surface area contributed by atoms with Gasteiger partial charge in [0.1, 0.15) is 12.4 Å². The van der Waals surface area contributed by atoms with Crippen molar-refractivity contribution in [1.82, 2.24) is 9.78 Å². The Morgan fingerprint density at radius 3 is 3.06 bits per heavy atom. The van der Waals surface area contributed by atoms with Crippen molar-refractivity contribution in [2.75, 3.05) is 6.61 Å². The number of rotatable bonds is 5. The number of benzene rings is 1. The van der Waals surface area contributed by atoms with Gasteiger partial charge in [-0.3, -0.25) is 9.48 Å². The SMILES string of the molecule is O=Cc1cc(OCCn2cccn2)ccc1Br. The van der Waals surface area contributed by atoms with E-state index in [0.717, 1.165) is 10.8 Å². The number of nitrogens with zero attached hydrogens (tertiary/aromatic N) is 2. The third-order valence-corrected chi connectivity index (χ3v) is 2.96. The molecule has 0 amide bonds. The van der Waals surface area contributed by atoms with Crippen LogP contribution in [0, 0.1) is 0 Å². The number of carbonyl (C=O) groups excluding carboxylic acids is 1. The van der Waals surface area contributed by atoms with Crippen LogP contribution in [0.25, 0.3) is 0 Å². The topological polar surface area (TPSA) is 44.1 Å². The number of ether oxygens (including phenoxy) is 1. The molecule has 0 aliphatic rings. The average molecular weight is 295 g/mol. The smallest absolute Gasteiger partial charge is 0.151 e. The fourth-order valence-electron chi connectivity index (χ4n) is 1.39.